The lowest BCUT2D eigenvalue weighted by Crippen LogP contribution is -2.28. The third-order valence-electron chi connectivity index (χ3n) is 2.20. The molecule has 0 aromatic heterocycles. The Labute approximate surface area is 112 Å². The summed E-state index contributed by atoms with van der Waals surface area (Å²) in [5, 5.41) is 2.46. The third kappa shape index (κ3) is 6.02. The highest BCUT2D eigenvalue weighted by atomic mass is 16.2. The molecular formula is C15H16N2O2. The van der Waals surface area contributed by atoms with Gasteiger partial charge < -0.3 is 11.1 Å². The standard InChI is InChI=1S/C15H16N2O2/c1-12(18)13-9-7-5-3-2-4-6-8-10-14(11-13)17-15(16)19/h2-11H,1H3,(H3,16,17,19)/b3-2-,4-2?,5-3?,6-4-,7-5-,8-6?,9-7?,10-8-,13-9+,13-11?,14-10?,14-11+. The molecule has 0 atom stereocenters. The molecule has 2 amide bonds. The SMILES string of the molecule is CC(=O)C1=C/C=C\C=C/C=C\C=C/C(NC(N)=O)=C\1. The van der Waals surface area contributed by atoms with Gasteiger partial charge in [0.05, 0.1) is 0 Å². The molecule has 0 aromatic carbocycles. The van der Waals surface area contributed by atoms with Gasteiger partial charge >= 0.3 is 6.03 Å². The van der Waals surface area contributed by atoms with Crippen LogP contribution in [0.25, 0.3) is 0 Å². The molecule has 0 radical (unpaired) electrons. The zero-order valence-corrected chi connectivity index (χ0v) is 10.7. The fraction of sp³-hybridized carbons (Fsp3) is 0.0667. The van der Waals surface area contributed by atoms with E-state index in [2.05, 4.69) is 5.32 Å². The molecule has 1 rings (SSSR count). The number of nitrogens with one attached hydrogen (secondary N) is 1. The maximum absolute atomic E-state index is 11.5. The highest BCUT2D eigenvalue weighted by Gasteiger charge is 2.02. The van der Waals surface area contributed by atoms with Crippen molar-refractivity contribution < 1.29 is 9.59 Å². The molecule has 0 bridgehead atoms. The van der Waals surface area contributed by atoms with Crippen molar-refractivity contribution in [2.24, 2.45) is 5.73 Å². The predicted molar refractivity (Wildman–Crippen MR) is 76.1 cm³/mol. The first-order chi connectivity index (χ1) is 9.09. The average Bonchev–Trinajstić information content (AvgIpc) is 2.31. The minimum Gasteiger partial charge on any atom is -0.351 e. The van der Waals surface area contributed by atoms with Crippen LogP contribution >= 0.6 is 0 Å². The molecule has 0 fully saturated rings. The van der Waals surface area contributed by atoms with Crippen molar-refractivity contribution in [1.29, 1.82) is 0 Å². The van der Waals surface area contributed by atoms with Crippen LogP contribution in [-0.2, 0) is 4.79 Å². The van der Waals surface area contributed by atoms with Crippen molar-refractivity contribution in [1.82, 2.24) is 5.32 Å². The second kappa shape index (κ2) is 7.66. The molecule has 0 unspecified atom stereocenters. The van der Waals surface area contributed by atoms with E-state index in [1.54, 1.807) is 36.5 Å². The van der Waals surface area contributed by atoms with Crippen molar-refractivity contribution in [2.75, 3.05) is 0 Å². The number of rotatable bonds is 2. The quantitative estimate of drug-likeness (QED) is 0.795. The van der Waals surface area contributed by atoms with Crippen LogP contribution in [0.2, 0.25) is 0 Å². The molecule has 0 heterocycles. The zero-order chi connectivity index (χ0) is 14.1. The van der Waals surface area contributed by atoms with Crippen LogP contribution in [0.5, 0.6) is 0 Å². The summed E-state index contributed by atoms with van der Waals surface area (Å²) in [5.41, 5.74) is 6.02. The summed E-state index contributed by atoms with van der Waals surface area (Å²) in [4.78, 5) is 22.4. The van der Waals surface area contributed by atoms with Crippen molar-refractivity contribution in [3.8, 4) is 0 Å². The maximum Gasteiger partial charge on any atom is 0.316 e. The van der Waals surface area contributed by atoms with Gasteiger partial charge in [-0.2, -0.15) is 0 Å². The number of nitrogens with two attached hydrogens (primary N) is 1. The van der Waals surface area contributed by atoms with Crippen molar-refractivity contribution >= 4 is 11.8 Å². The Balaban J connectivity index is 3.16. The molecule has 98 valence electrons. The number of primary amides is 1. The lowest BCUT2D eigenvalue weighted by atomic mass is 10.1. The smallest absolute Gasteiger partial charge is 0.316 e. The molecule has 1 aliphatic rings. The number of hydrogen-bond donors (Lipinski definition) is 2. The van der Waals surface area contributed by atoms with Crippen molar-refractivity contribution in [3.05, 3.63) is 72.0 Å². The molecule has 19 heavy (non-hydrogen) atoms. The summed E-state index contributed by atoms with van der Waals surface area (Å²) in [6, 6.07) is -0.676. The molecule has 0 aliphatic heterocycles. The predicted octanol–water partition coefficient (Wildman–Crippen LogP) is 2.29. The van der Waals surface area contributed by atoms with E-state index in [9.17, 15) is 9.59 Å². The normalized spacial score (nSPS) is 27.2. The Morgan fingerprint density at radius 1 is 1.00 bits per heavy atom. The highest BCUT2D eigenvalue weighted by molar-refractivity contribution is 5.96. The summed E-state index contributed by atoms with van der Waals surface area (Å²) in [7, 11) is 0. The number of Topliss-reactive ketones (excluding diaryl/α,β-unsaturated/α-hetero) is 1. The number of urea groups is 1. The van der Waals surface area contributed by atoms with E-state index in [-0.39, 0.29) is 5.78 Å². The van der Waals surface area contributed by atoms with Crippen LogP contribution in [0.4, 0.5) is 4.79 Å². The third-order valence-corrected chi connectivity index (χ3v) is 2.20. The fourth-order valence-corrected chi connectivity index (χ4v) is 1.34. The Morgan fingerprint density at radius 3 is 2.16 bits per heavy atom. The van der Waals surface area contributed by atoms with Gasteiger partial charge in [-0.25, -0.2) is 4.79 Å². The number of hydrogen-bond acceptors (Lipinski definition) is 2. The maximum atomic E-state index is 11.5. The van der Waals surface area contributed by atoms with Crippen LogP contribution in [0.1, 0.15) is 6.92 Å². The molecule has 4 nitrogen and oxygen atoms in total. The Morgan fingerprint density at radius 2 is 1.58 bits per heavy atom. The first-order valence-electron chi connectivity index (χ1n) is 5.77. The first kappa shape index (κ1) is 14.4. The summed E-state index contributed by atoms with van der Waals surface area (Å²) in [6.07, 6.45) is 17.6. The van der Waals surface area contributed by atoms with Gasteiger partial charge in [0.2, 0.25) is 0 Å². The number of carbonyl (C=O) groups is 2. The zero-order valence-electron chi connectivity index (χ0n) is 10.7. The Kier molecular flexibility index (Phi) is 5.82. The molecule has 4 heteroatoms. The molecule has 0 spiro atoms. The minimum absolute atomic E-state index is 0.0987. The molecule has 0 aromatic rings. The van der Waals surface area contributed by atoms with Crippen LogP contribution < -0.4 is 11.1 Å². The van der Waals surface area contributed by atoms with E-state index >= 15 is 0 Å². The minimum atomic E-state index is -0.676. The van der Waals surface area contributed by atoms with Crippen LogP contribution in [-0.4, -0.2) is 11.8 Å². The second-order valence-electron chi connectivity index (χ2n) is 3.78. The lowest BCUT2D eigenvalue weighted by molar-refractivity contribution is -0.113. The van der Waals surface area contributed by atoms with E-state index in [4.69, 9.17) is 5.73 Å². The van der Waals surface area contributed by atoms with Crippen molar-refractivity contribution in [3.63, 3.8) is 0 Å². The number of allylic oxidation sites excluding steroid dienone is 11. The number of carbonyl (C=O) groups excluding carboxylic acids is 2. The molecular weight excluding hydrogens is 240 g/mol. The molecule has 0 saturated carbocycles. The van der Waals surface area contributed by atoms with E-state index < -0.39 is 6.03 Å². The molecule has 0 saturated heterocycles. The molecule has 3 N–H and O–H groups in total. The van der Waals surface area contributed by atoms with Gasteiger partial charge in [0.25, 0.3) is 0 Å². The Hall–Kier alpha value is -2.62. The summed E-state index contributed by atoms with van der Waals surface area (Å²) < 4.78 is 0. The van der Waals surface area contributed by atoms with Crippen LogP contribution in [0.15, 0.2) is 72.0 Å². The summed E-state index contributed by atoms with van der Waals surface area (Å²) in [5.74, 6) is -0.0987. The topological polar surface area (TPSA) is 72.2 Å². The van der Waals surface area contributed by atoms with E-state index in [1.165, 1.54) is 6.92 Å². The van der Waals surface area contributed by atoms with Crippen molar-refractivity contribution in [2.45, 2.75) is 6.92 Å². The van der Waals surface area contributed by atoms with Gasteiger partial charge in [-0.1, -0.05) is 48.6 Å². The molecule has 1 aliphatic carbocycles. The van der Waals surface area contributed by atoms with Gasteiger partial charge in [-0.3, -0.25) is 4.79 Å². The fourth-order valence-electron chi connectivity index (χ4n) is 1.34. The van der Waals surface area contributed by atoms with Crippen LogP contribution in [0.3, 0.4) is 0 Å². The van der Waals surface area contributed by atoms with Gasteiger partial charge in [-0.05, 0) is 19.1 Å². The highest BCUT2D eigenvalue weighted by Crippen LogP contribution is 2.05. The van der Waals surface area contributed by atoms with Gasteiger partial charge in [0, 0.05) is 11.3 Å². The average molecular weight is 256 g/mol. The monoisotopic (exact) mass is 256 g/mol. The Bertz CT molecular complexity index is 532. The van der Waals surface area contributed by atoms with E-state index in [0.717, 1.165) is 0 Å². The second-order valence-corrected chi connectivity index (χ2v) is 3.78. The number of amides is 2. The van der Waals surface area contributed by atoms with Gasteiger partial charge in [0.15, 0.2) is 5.78 Å². The lowest BCUT2D eigenvalue weighted by Gasteiger charge is -2.03. The summed E-state index contributed by atoms with van der Waals surface area (Å²) >= 11 is 0. The largest absolute Gasteiger partial charge is 0.351 e. The van der Waals surface area contributed by atoms with Crippen LogP contribution in [0, 0.1) is 0 Å². The first-order valence-corrected chi connectivity index (χ1v) is 5.77. The van der Waals surface area contributed by atoms with Gasteiger partial charge in [-0.15, -0.1) is 0 Å². The number of ketones is 1. The van der Waals surface area contributed by atoms with E-state index in [0.29, 0.717) is 11.3 Å². The summed E-state index contributed by atoms with van der Waals surface area (Å²) in [6.45, 7) is 1.46. The van der Waals surface area contributed by atoms with E-state index in [1.807, 2.05) is 24.3 Å². The van der Waals surface area contributed by atoms with Gasteiger partial charge in [0.1, 0.15) is 0 Å².